The van der Waals surface area contributed by atoms with Crippen molar-refractivity contribution in [3.8, 4) is 6.07 Å². The van der Waals surface area contributed by atoms with E-state index in [4.69, 9.17) is 15.3 Å². The van der Waals surface area contributed by atoms with E-state index in [2.05, 4.69) is 31.4 Å². The smallest absolute Gasteiger partial charge is 0.426 e. The second-order valence-corrected chi connectivity index (χ2v) is 8.47. The highest BCUT2D eigenvalue weighted by Crippen LogP contribution is 2.11. The van der Waals surface area contributed by atoms with Crippen LogP contribution < -0.4 is 10.6 Å². The predicted octanol–water partition coefficient (Wildman–Crippen LogP) is 2.75. The first kappa shape index (κ1) is 30.4. The normalized spacial score (nSPS) is 14.3. The van der Waals surface area contributed by atoms with Gasteiger partial charge in [0.1, 0.15) is 5.92 Å². The van der Waals surface area contributed by atoms with Gasteiger partial charge in [0.05, 0.1) is 12.0 Å². The summed E-state index contributed by atoms with van der Waals surface area (Å²) in [7, 11) is -0.115. The second-order valence-electron chi connectivity index (χ2n) is 8.47. The average Bonchev–Trinajstić information content (AvgIpc) is 2.84. The van der Waals surface area contributed by atoms with E-state index in [0.29, 0.717) is 6.42 Å². The molecule has 1 aromatic rings. The van der Waals surface area contributed by atoms with Crippen LogP contribution in [0.15, 0.2) is 30.3 Å². The monoisotopic (exact) mass is 460 g/mol. The molecule has 1 saturated heterocycles. The minimum absolute atomic E-state index is 0.00259. The van der Waals surface area contributed by atoms with E-state index in [1.54, 1.807) is 11.8 Å². The SMILES string of the molecule is CC(C#N)C(=O)N1CCCCC1.CCC(C)C.CNC(=O)NC(Cc1ccccc1)B(O)O. The summed E-state index contributed by atoms with van der Waals surface area (Å²) >= 11 is 0. The zero-order chi connectivity index (χ0) is 25.2. The number of nitrogens with zero attached hydrogens (tertiary/aromatic N) is 2. The lowest BCUT2D eigenvalue weighted by atomic mass is 9.76. The minimum atomic E-state index is -1.59. The molecule has 0 saturated carbocycles. The number of hydrogen-bond acceptors (Lipinski definition) is 5. The Morgan fingerprint density at radius 1 is 1.12 bits per heavy atom. The molecule has 1 aromatic carbocycles. The van der Waals surface area contributed by atoms with Crippen LogP contribution in [-0.2, 0) is 11.2 Å². The lowest BCUT2D eigenvalue weighted by molar-refractivity contribution is -0.134. The number of carbonyl (C=O) groups is 2. The maximum absolute atomic E-state index is 11.4. The van der Waals surface area contributed by atoms with E-state index in [1.807, 2.05) is 36.4 Å². The third kappa shape index (κ3) is 14.2. The summed E-state index contributed by atoms with van der Waals surface area (Å²) < 4.78 is 0. The fraction of sp³-hybridized carbons (Fsp3) is 0.625. The highest BCUT2D eigenvalue weighted by molar-refractivity contribution is 6.43. The van der Waals surface area contributed by atoms with Crippen molar-refractivity contribution in [2.75, 3.05) is 20.1 Å². The quantitative estimate of drug-likeness (QED) is 0.486. The van der Waals surface area contributed by atoms with Crippen LogP contribution in [0.3, 0.4) is 0 Å². The molecule has 4 N–H and O–H groups in total. The largest absolute Gasteiger partial charge is 0.475 e. The zero-order valence-electron chi connectivity index (χ0n) is 20.8. The highest BCUT2D eigenvalue weighted by Gasteiger charge is 2.25. The van der Waals surface area contributed by atoms with E-state index >= 15 is 0 Å². The number of carbonyl (C=O) groups excluding carboxylic acids is 2. The maximum atomic E-state index is 11.4. The Bertz CT molecular complexity index is 704. The van der Waals surface area contributed by atoms with Gasteiger partial charge in [0, 0.05) is 20.1 Å². The highest BCUT2D eigenvalue weighted by atomic mass is 16.4. The van der Waals surface area contributed by atoms with E-state index in [9.17, 15) is 9.59 Å². The molecule has 33 heavy (non-hydrogen) atoms. The molecule has 2 atom stereocenters. The molecule has 1 heterocycles. The Kier molecular flexibility index (Phi) is 16.5. The first-order chi connectivity index (χ1) is 15.7. The van der Waals surface area contributed by atoms with E-state index in [1.165, 1.54) is 19.9 Å². The van der Waals surface area contributed by atoms with Gasteiger partial charge in [-0.05, 0) is 44.1 Å². The number of urea groups is 1. The fourth-order valence-electron chi connectivity index (χ4n) is 2.78. The molecular weight excluding hydrogens is 419 g/mol. The van der Waals surface area contributed by atoms with Crippen LogP contribution in [-0.4, -0.2) is 60.1 Å². The summed E-state index contributed by atoms with van der Waals surface area (Å²) in [4.78, 5) is 24.3. The zero-order valence-corrected chi connectivity index (χ0v) is 20.8. The van der Waals surface area contributed by atoms with Crippen molar-refractivity contribution in [1.29, 1.82) is 5.26 Å². The Balaban J connectivity index is 0.000000530. The lowest BCUT2D eigenvalue weighted by Crippen LogP contribution is -2.50. The molecule has 1 aliphatic heterocycles. The molecule has 8 nitrogen and oxygen atoms in total. The van der Waals surface area contributed by atoms with E-state index in [0.717, 1.165) is 37.4 Å². The lowest BCUT2D eigenvalue weighted by Gasteiger charge is -2.27. The van der Waals surface area contributed by atoms with Crippen LogP contribution in [0.2, 0.25) is 0 Å². The van der Waals surface area contributed by atoms with Gasteiger partial charge < -0.3 is 25.6 Å². The standard InChI is InChI=1S/C10H15BN2O3.C9H14N2O.C5H12/c1-12-10(14)13-9(11(15)16)7-8-5-3-2-4-6-8;1-8(7-10)9(12)11-5-3-2-4-6-11;1-4-5(2)3/h2-6,9,15-16H,7H2,1H3,(H2,12,13,14);8H,2-6H2,1H3;5H,4H2,1-3H3. The van der Waals surface area contributed by atoms with Crippen LogP contribution in [0.5, 0.6) is 0 Å². The Morgan fingerprint density at radius 3 is 2.09 bits per heavy atom. The maximum Gasteiger partial charge on any atom is 0.475 e. The van der Waals surface area contributed by atoms with Gasteiger partial charge in [0.15, 0.2) is 0 Å². The molecule has 1 aliphatic rings. The fourth-order valence-corrected chi connectivity index (χ4v) is 2.78. The summed E-state index contributed by atoms with van der Waals surface area (Å²) in [5.41, 5.74) is 0.928. The van der Waals surface area contributed by atoms with Crippen LogP contribution in [0, 0.1) is 23.2 Å². The summed E-state index contributed by atoms with van der Waals surface area (Å²) in [6.45, 7) is 9.98. The molecule has 0 spiro atoms. The predicted molar refractivity (Wildman–Crippen MR) is 132 cm³/mol. The van der Waals surface area contributed by atoms with Crippen molar-refractivity contribution in [2.45, 2.75) is 65.7 Å². The molecule has 0 aliphatic carbocycles. The first-order valence-electron chi connectivity index (χ1n) is 11.7. The Hall–Kier alpha value is -2.57. The minimum Gasteiger partial charge on any atom is -0.426 e. The number of benzene rings is 1. The van der Waals surface area contributed by atoms with E-state index in [-0.39, 0.29) is 5.91 Å². The molecular formula is C24H41BN4O4. The van der Waals surface area contributed by atoms with Crippen molar-refractivity contribution in [3.63, 3.8) is 0 Å². The summed E-state index contributed by atoms with van der Waals surface area (Å²) in [6.07, 6.45) is 5.06. The number of amides is 3. The van der Waals surface area contributed by atoms with Gasteiger partial charge in [-0.25, -0.2) is 4.79 Å². The second kappa shape index (κ2) is 17.9. The van der Waals surface area contributed by atoms with Gasteiger partial charge in [-0.15, -0.1) is 0 Å². The van der Waals surface area contributed by atoms with Crippen molar-refractivity contribution in [1.82, 2.24) is 15.5 Å². The number of likely N-dealkylation sites (tertiary alicyclic amines) is 1. The molecule has 0 radical (unpaired) electrons. The van der Waals surface area contributed by atoms with Crippen molar-refractivity contribution >= 4 is 19.1 Å². The molecule has 184 valence electrons. The van der Waals surface area contributed by atoms with Crippen LogP contribution in [0.1, 0.15) is 58.9 Å². The number of nitriles is 1. The molecule has 1 fully saturated rings. The summed E-state index contributed by atoms with van der Waals surface area (Å²) in [6, 6.07) is 10.8. The summed E-state index contributed by atoms with van der Waals surface area (Å²) in [5, 5.41) is 31.6. The van der Waals surface area contributed by atoms with Gasteiger partial charge in [-0.3, -0.25) is 4.79 Å². The molecule has 9 heteroatoms. The molecule has 2 rings (SSSR count). The van der Waals surface area contributed by atoms with Crippen molar-refractivity contribution in [2.24, 2.45) is 11.8 Å². The van der Waals surface area contributed by atoms with Gasteiger partial charge in [0.2, 0.25) is 5.91 Å². The first-order valence-corrected chi connectivity index (χ1v) is 11.7. The van der Waals surface area contributed by atoms with E-state index < -0.39 is 25.0 Å². The number of rotatable bonds is 6. The number of nitrogens with one attached hydrogen (secondary N) is 2. The van der Waals surface area contributed by atoms with Crippen LogP contribution in [0.4, 0.5) is 4.79 Å². The summed E-state index contributed by atoms with van der Waals surface area (Å²) in [5.74, 6) is -0.308. The van der Waals surface area contributed by atoms with Crippen molar-refractivity contribution < 1.29 is 19.6 Å². The van der Waals surface area contributed by atoms with Crippen molar-refractivity contribution in [3.05, 3.63) is 35.9 Å². The third-order valence-corrected chi connectivity index (χ3v) is 5.25. The van der Waals surface area contributed by atoms with Crippen LogP contribution >= 0.6 is 0 Å². The van der Waals surface area contributed by atoms with Gasteiger partial charge in [-0.2, -0.15) is 5.26 Å². The van der Waals surface area contributed by atoms with Gasteiger partial charge >= 0.3 is 13.1 Å². The van der Waals surface area contributed by atoms with Gasteiger partial charge in [0.25, 0.3) is 0 Å². The Morgan fingerprint density at radius 2 is 1.67 bits per heavy atom. The molecule has 3 amide bonds. The topological polar surface area (TPSA) is 126 Å². The number of piperidine rings is 1. The molecule has 0 aromatic heterocycles. The van der Waals surface area contributed by atoms with Crippen LogP contribution in [0.25, 0.3) is 0 Å². The molecule has 0 bridgehead atoms. The molecule has 2 unspecified atom stereocenters. The third-order valence-electron chi connectivity index (χ3n) is 5.25. The Labute approximate surface area is 199 Å². The average molecular weight is 460 g/mol. The number of hydrogen-bond donors (Lipinski definition) is 4. The van der Waals surface area contributed by atoms with Gasteiger partial charge in [-0.1, -0.05) is 57.5 Å².